The van der Waals surface area contributed by atoms with Gasteiger partial charge in [0, 0.05) is 12.0 Å². The van der Waals surface area contributed by atoms with Gasteiger partial charge in [-0.15, -0.1) is 0 Å². The van der Waals surface area contributed by atoms with Crippen molar-refractivity contribution in [2.75, 3.05) is 27.4 Å². The zero-order chi connectivity index (χ0) is 16.7. The molecule has 1 amide bonds. The molecule has 1 N–H and O–H groups in total. The summed E-state index contributed by atoms with van der Waals surface area (Å²) in [7, 11) is 3.28. The van der Waals surface area contributed by atoms with E-state index < -0.39 is 0 Å². The van der Waals surface area contributed by atoms with Crippen LogP contribution in [-0.2, 0) is 10.2 Å². The van der Waals surface area contributed by atoms with Crippen LogP contribution in [0.4, 0.5) is 4.79 Å². The molecule has 5 heteroatoms. The van der Waals surface area contributed by atoms with Crippen LogP contribution < -0.4 is 14.8 Å². The monoisotopic (exact) mass is 321 g/mol. The van der Waals surface area contributed by atoms with E-state index in [0.29, 0.717) is 13.2 Å². The first-order chi connectivity index (χ1) is 11.1. The van der Waals surface area contributed by atoms with Crippen LogP contribution in [0.2, 0.25) is 0 Å². The molecule has 0 bridgehead atoms. The van der Waals surface area contributed by atoms with Gasteiger partial charge in [-0.05, 0) is 37.5 Å². The Bertz CT molecular complexity index is 524. The first-order valence-electron chi connectivity index (χ1n) is 8.28. The number of carbonyl (C=O) groups excluding carboxylic acids is 1. The van der Waals surface area contributed by atoms with Crippen LogP contribution in [0.25, 0.3) is 0 Å². The fourth-order valence-corrected chi connectivity index (χ4v) is 3.39. The quantitative estimate of drug-likeness (QED) is 0.869. The van der Waals surface area contributed by atoms with E-state index in [1.54, 1.807) is 14.2 Å². The highest BCUT2D eigenvalue weighted by atomic mass is 16.5. The molecule has 0 heterocycles. The lowest BCUT2D eigenvalue weighted by Crippen LogP contribution is -2.42. The molecule has 1 fully saturated rings. The Balaban J connectivity index is 2.25. The number of alkyl carbamates (subject to hydrolysis) is 1. The standard InChI is InChI=1S/C18H27NO4/c1-4-23-17(20)19-13-18(10-6-5-7-11-18)14-8-9-15(21-2)16(12-14)22-3/h8-9,12H,4-7,10-11,13H2,1-3H3,(H,19,20). The van der Waals surface area contributed by atoms with Crippen LogP contribution in [0, 0.1) is 0 Å². The highest BCUT2D eigenvalue weighted by Gasteiger charge is 2.35. The van der Waals surface area contributed by atoms with E-state index in [0.717, 1.165) is 24.3 Å². The second kappa shape index (κ2) is 8.09. The third kappa shape index (κ3) is 4.09. The minimum Gasteiger partial charge on any atom is -0.493 e. The Hall–Kier alpha value is -1.91. The van der Waals surface area contributed by atoms with Gasteiger partial charge in [0.15, 0.2) is 11.5 Å². The lowest BCUT2D eigenvalue weighted by molar-refractivity contribution is 0.146. The number of carbonyl (C=O) groups is 1. The topological polar surface area (TPSA) is 56.8 Å². The van der Waals surface area contributed by atoms with Crippen LogP contribution in [0.5, 0.6) is 11.5 Å². The number of benzene rings is 1. The molecular weight excluding hydrogens is 294 g/mol. The molecule has 1 aliphatic carbocycles. The predicted molar refractivity (Wildman–Crippen MR) is 89.3 cm³/mol. The van der Waals surface area contributed by atoms with Gasteiger partial charge in [-0.25, -0.2) is 4.79 Å². The zero-order valence-corrected chi connectivity index (χ0v) is 14.3. The van der Waals surface area contributed by atoms with Crippen LogP contribution in [0.3, 0.4) is 0 Å². The molecule has 0 aliphatic heterocycles. The molecule has 0 unspecified atom stereocenters. The molecule has 128 valence electrons. The van der Waals surface area contributed by atoms with Crippen LogP contribution in [0.15, 0.2) is 18.2 Å². The summed E-state index contributed by atoms with van der Waals surface area (Å²) in [5, 5.41) is 2.93. The fraction of sp³-hybridized carbons (Fsp3) is 0.611. The minimum absolute atomic E-state index is 0.0649. The summed E-state index contributed by atoms with van der Waals surface area (Å²) in [6.45, 7) is 2.78. The third-order valence-electron chi connectivity index (χ3n) is 4.65. The number of rotatable bonds is 6. The number of methoxy groups -OCH3 is 2. The highest BCUT2D eigenvalue weighted by Crippen LogP contribution is 2.42. The van der Waals surface area contributed by atoms with Crippen molar-refractivity contribution in [2.24, 2.45) is 0 Å². The van der Waals surface area contributed by atoms with E-state index in [9.17, 15) is 4.79 Å². The molecule has 1 aromatic carbocycles. The summed E-state index contributed by atoms with van der Waals surface area (Å²) in [5.41, 5.74) is 1.12. The van der Waals surface area contributed by atoms with E-state index in [1.807, 2.05) is 19.1 Å². The van der Waals surface area contributed by atoms with E-state index >= 15 is 0 Å². The summed E-state index contributed by atoms with van der Waals surface area (Å²) < 4.78 is 15.8. The lowest BCUT2D eigenvalue weighted by Gasteiger charge is -2.38. The van der Waals surface area contributed by atoms with Crippen molar-refractivity contribution in [3.8, 4) is 11.5 Å². The zero-order valence-electron chi connectivity index (χ0n) is 14.3. The van der Waals surface area contributed by atoms with Crippen LogP contribution in [-0.4, -0.2) is 33.5 Å². The van der Waals surface area contributed by atoms with Gasteiger partial charge in [-0.2, -0.15) is 0 Å². The van der Waals surface area contributed by atoms with Crippen molar-refractivity contribution in [1.29, 1.82) is 0 Å². The molecular formula is C18H27NO4. The summed E-state index contributed by atoms with van der Waals surface area (Å²) >= 11 is 0. The molecule has 2 rings (SSSR count). The van der Waals surface area contributed by atoms with Crippen molar-refractivity contribution in [2.45, 2.75) is 44.4 Å². The molecule has 0 spiro atoms. The predicted octanol–water partition coefficient (Wildman–Crippen LogP) is 3.65. The average Bonchev–Trinajstić information content (AvgIpc) is 2.60. The van der Waals surface area contributed by atoms with Crippen molar-refractivity contribution >= 4 is 6.09 Å². The third-order valence-corrected chi connectivity index (χ3v) is 4.65. The molecule has 1 aliphatic rings. The maximum Gasteiger partial charge on any atom is 0.407 e. The second-order valence-corrected chi connectivity index (χ2v) is 5.98. The van der Waals surface area contributed by atoms with Gasteiger partial charge in [0.2, 0.25) is 0 Å². The van der Waals surface area contributed by atoms with Gasteiger partial charge in [0.1, 0.15) is 0 Å². The lowest BCUT2D eigenvalue weighted by atomic mass is 9.69. The highest BCUT2D eigenvalue weighted by molar-refractivity contribution is 5.67. The molecule has 0 aromatic heterocycles. The average molecular weight is 321 g/mol. The van der Waals surface area contributed by atoms with Gasteiger partial charge >= 0.3 is 6.09 Å². The van der Waals surface area contributed by atoms with E-state index in [-0.39, 0.29) is 11.5 Å². The first kappa shape index (κ1) is 17.4. The minimum atomic E-state index is -0.349. The van der Waals surface area contributed by atoms with Gasteiger partial charge in [0.05, 0.1) is 20.8 Å². The molecule has 1 aromatic rings. The molecule has 0 saturated heterocycles. The number of hydrogen-bond acceptors (Lipinski definition) is 4. The Morgan fingerprint density at radius 2 is 1.83 bits per heavy atom. The number of hydrogen-bond donors (Lipinski definition) is 1. The maximum atomic E-state index is 11.7. The van der Waals surface area contributed by atoms with Crippen molar-refractivity contribution < 1.29 is 19.0 Å². The Labute approximate surface area is 138 Å². The van der Waals surface area contributed by atoms with Crippen molar-refractivity contribution in [1.82, 2.24) is 5.32 Å². The smallest absolute Gasteiger partial charge is 0.407 e. The number of ether oxygens (including phenoxy) is 3. The molecule has 0 atom stereocenters. The maximum absolute atomic E-state index is 11.7. The van der Waals surface area contributed by atoms with Crippen molar-refractivity contribution in [3.63, 3.8) is 0 Å². The summed E-state index contributed by atoms with van der Waals surface area (Å²) in [6, 6.07) is 6.06. The molecule has 5 nitrogen and oxygen atoms in total. The summed E-state index contributed by atoms with van der Waals surface area (Å²) in [5.74, 6) is 1.45. The van der Waals surface area contributed by atoms with Gasteiger partial charge < -0.3 is 19.5 Å². The van der Waals surface area contributed by atoms with Crippen LogP contribution in [0.1, 0.15) is 44.6 Å². The molecule has 1 saturated carbocycles. The van der Waals surface area contributed by atoms with Crippen LogP contribution >= 0.6 is 0 Å². The Morgan fingerprint density at radius 3 is 2.43 bits per heavy atom. The first-order valence-corrected chi connectivity index (χ1v) is 8.28. The van der Waals surface area contributed by atoms with Gasteiger partial charge in [-0.1, -0.05) is 25.3 Å². The number of amides is 1. The van der Waals surface area contributed by atoms with E-state index in [1.165, 1.54) is 24.8 Å². The summed E-state index contributed by atoms with van der Waals surface area (Å²) in [4.78, 5) is 11.7. The van der Waals surface area contributed by atoms with Crippen molar-refractivity contribution in [3.05, 3.63) is 23.8 Å². The molecule has 0 radical (unpaired) electrons. The Morgan fingerprint density at radius 1 is 1.13 bits per heavy atom. The molecule has 23 heavy (non-hydrogen) atoms. The number of nitrogens with one attached hydrogen (secondary N) is 1. The SMILES string of the molecule is CCOC(=O)NCC1(c2ccc(OC)c(OC)c2)CCCCC1. The summed E-state index contributed by atoms with van der Waals surface area (Å²) in [6.07, 6.45) is 5.33. The van der Waals surface area contributed by atoms with E-state index in [2.05, 4.69) is 11.4 Å². The largest absolute Gasteiger partial charge is 0.493 e. The fourth-order valence-electron chi connectivity index (χ4n) is 3.39. The van der Waals surface area contributed by atoms with E-state index in [4.69, 9.17) is 14.2 Å². The van der Waals surface area contributed by atoms with Gasteiger partial charge in [-0.3, -0.25) is 0 Å². The Kier molecular flexibility index (Phi) is 6.13. The normalized spacial score (nSPS) is 16.5. The van der Waals surface area contributed by atoms with Gasteiger partial charge in [0.25, 0.3) is 0 Å². The second-order valence-electron chi connectivity index (χ2n) is 5.98.